The van der Waals surface area contributed by atoms with Gasteiger partial charge >= 0.3 is 6.09 Å². The third-order valence-electron chi connectivity index (χ3n) is 7.88. The lowest BCUT2D eigenvalue weighted by atomic mass is 9.85. The van der Waals surface area contributed by atoms with Gasteiger partial charge in [0, 0.05) is 6.54 Å². The van der Waals surface area contributed by atoms with Gasteiger partial charge in [-0.15, -0.1) is 0 Å². The molecule has 170 valence electrons. The normalized spacial score (nSPS) is 27.9. The van der Waals surface area contributed by atoms with Crippen molar-refractivity contribution in [3.8, 4) is 11.1 Å². The number of alkyl carbamates (subject to hydrolysis) is 1. The summed E-state index contributed by atoms with van der Waals surface area (Å²) >= 11 is 0. The summed E-state index contributed by atoms with van der Waals surface area (Å²) in [6.07, 6.45) is 3.03. The van der Waals surface area contributed by atoms with Gasteiger partial charge in [-0.3, -0.25) is 4.90 Å². The molecule has 0 saturated carbocycles. The lowest BCUT2D eigenvalue weighted by Gasteiger charge is -2.44. The van der Waals surface area contributed by atoms with Crippen LogP contribution in [0.25, 0.3) is 11.1 Å². The number of carbonyl (C=O) groups is 1. The van der Waals surface area contributed by atoms with Crippen LogP contribution in [-0.4, -0.2) is 36.7 Å². The Morgan fingerprint density at radius 3 is 2.53 bits per heavy atom. The maximum absolute atomic E-state index is 12.9. The van der Waals surface area contributed by atoms with Gasteiger partial charge in [0.2, 0.25) is 0 Å². The number of hydrogen-bond donors (Lipinski definition) is 1. The monoisotopic (exact) mass is 432 g/mol. The number of amides is 1. The third kappa shape index (κ3) is 4.05. The Labute approximate surface area is 192 Å². The Bertz CT molecular complexity index is 1000. The van der Waals surface area contributed by atoms with Crippen molar-refractivity contribution in [2.75, 3.05) is 19.6 Å². The Kier molecular flexibility index (Phi) is 5.53. The van der Waals surface area contributed by atoms with E-state index in [0.717, 1.165) is 38.9 Å². The molecule has 0 radical (unpaired) electrons. The third-order valence-corrected chi connectivity index (χ3v) is 7.88. The van der Waals surface area contributed by atoms with Gasteiger partial charge in [0.25, 0.3) is 0 Å². The standard InChI is InChI=1S/C28H36N2O2/c1-18(2)20-6-5-7-21(14-20)22-8-9-24-23(15-22)16-28(3,4)26(24)29-27(31)32-25-17-30-12-10-19(25)11-13-30/h5-9,14-15,18-19,25-26H,10-13,16-17H2,1-4H3,(H,29,31)/t25-,26+/m1/s1. The lowest BCUT2D eigenvalue weighted by molar-refractivity contribution is -0.0348. The largest absolute Gasteiger partial charge is 0.445 e. The van der Waals surface area contributed by atoms with Crippen LogP contribution in [0.5, 0.6) is 0 Å². The fourth-order valence-corrected chi connectivity index (χ4v) is 5.92. The molecule has 3 fully saturated rings. The molecule has 1 N–H and O–H groups in total. The van der Waals surface area contributed by atoms with E-state index in [-0.39, 0.29) is 23.7 Å². The first kappa shape index (κ1) is 21.5. The molecule has 0 spiro atoms. The van der Waals surface area contributed by atoms with Crippen LogP contribution in [0.15, 0.2) is 42.5 Å². The molecule has 4 heteroatoms. The number of rotatable bonds is 4. The Morgan fingerprint density at radius 1 is 1.09 bits per heavy atom. The number of piperidine rings is 3. The van der Waals surface area contributed by atoms with Gasteiger partial charge in [0.1, 0.15) is 6.10 Å². The summed E-state index contributed by atoms with van der Waals surface area (Å²) in [7, 11) is 0. The molecule has 4 nitrogen and oxygen atoms in total. The lowest BCUT2D eigenvalue weighted by Crippen LogP contribution is -2.53. The fraction of sp³-hybridized carbons (Fsp3) is 0.536. The van der Waals surface area contributed by atoms with Gasteiger partial charge in [-0.1, -0.05) is 70.2 Å². The van der Waals surface area contributed by atoms with E-state index < -0.39 is 0 Å². The van der Waals surface area contributed by atoms with Crippen molar-refractivity contribution in [2.24, 2.45) is 11.3 Å². The zero-order chi connectivity index (χ0) is 22.5. The van der Waals surface area contributed by atoms with Gasteiger partial charge in [0.05, 0.1) is 6.04 Å². The quantitative estimate of drug-likeness (QED) is 0.652. The minimum atomic E-state index is -0.261. The molecule has 3 aliphatic heterocycles. The molecule has 4 aliphatic rings. The van der Waals surface area contributed by atoms with E-state index in [0.29, 0.717) is 11.8 Å². The molecule has 2 aromatic rings. The predicted molar refractivity (Wildman–Crippen MR) is 129 cm³/mol. The molecule has 3 heterocycles. The summed E-state index contributed by atoms with van der Waals surface area (Å²) in [5.41, 5.74) is 6.38. The second-order valence-corrected chi connectivity index (χ2v) is 11.0. The summed E-state index contributed by atoms with van der Waals surface area (Å²) in [6.45, 7) is 12.1. The molecule has 1 aliphatic carbocycles. The SMILES string of the molecule is CC(C)c1cccc(-c2ccc3c(c2)CC(C)(C)[C@H]3NC(=O)O[C@@H]2CN3CCC2CC3)c1. The van der Waals surface area contributed by atoms with E-state index in [1.165, 1.54) is 27.8 Å². The summed E-state index contributed by atoms with van der Waals surface area (Å²) in [5, 5.41) is 3.24. The van der Waals surface area contributed by atoms with Crippen LogP contribution >= 0.6 is 0 Å². The predicted octanol–water partition coefficient (Wildman–Crippen LogP) is 5.92. The molecule has 0 unspecified atom stereocenters. The van der Waals surface area contributed by atoms with Crippen LogP contribution in [0.2, 0.25) is 0 Å². The summed E-state index contributed by atoms with van der Waals surface area (Å²) < 4.78 is 5.93. The summed E-state index contributed by atoms with van der Waals surface area (Å²) in [4.78, 5) is 15.3. The molecule has 2 atom stereocenters. The summed E-state index contributed by atoms with van der Waals surface area (Å²) in [5.74, 6) is 1.04. The average molecular weight is 433 g/mol. The van der Waals surface area contributed by atoms with Crippen molar-refractivity contribution in [1.82, 2.24) is 10.2 Å². The first-order valence-corrected chi connectivity index (χ1v) is 12.2. The van der Waals surface area contributed by atoms with Gasteiger partial charge in [0.15, 0.2) is 0 Å². The van der Waals surface area contributed by atoms with E-state index in [1.54, 1.807) is 0 Å². The van der Waals surface area contributed by atoms with Gasteiger partial charge < -0.3 is 10.1 Å². The number of carbonyl (C=O) groups excluding carboxylic acids is 1. The van der Waals surface area contributed by atoms with E-state index in [1.807, 2.05) is 0 Å². The number of hydrogen-bond acceptors (Lipinski definition) is 3. The van der Waals surface area contributed by atoms with Crippen molar-refractivity contribution in [1.29, 1.82) is 0 Å². The Hall–Kier alpha value is -2.33. The van der Waals surface area contributed by atoms with Crippen LogP contribution in [-0.2, 0) is 11.2 Å². The van der Waals surface area contributed by atoms with Crippen molar-refractivity contribution in [2.45, 2.75) is 65.0 Å². The van der Waals surface area contributed by atoms with Crippen LogP contribution < -0.4 is 5.32 Å². The van der Waals surface area contributed by atoms with Crippen LogP contribution in [0.3, 0.4) is 0 Å². The molecule has 0 aromatic heterocycles. The number of fused-ring (bicyclic) bond motifs is 4. The maximum atomic E-state index is 12.9. The smallest absolute Gasteiger partial charge is 0.407 e. The second kappa shape index (κ2) is 8.22. The van der Waals surface area contributed by atoms with Crippen molar-refractivity contribution >= 4 is 6.09 Å². The molecule has 6 rings (SSSR count). The zero-order valence-electron chi connectivity index (χ0n) is 19.9. The minimum Gasteiger partial charge on any atom is -0.445 e. The minimum absolute atomic E-state index is 0.0258. The van der Waals surface area contributed by atoms with Crippen molar-refractivity contribution in [3.63, 3.8) is 0 Å². The highest BCUT2D eigenvalue weighted by molar-refractivity contribution is 5.70. The molecular weight excluding hydrogens is 396 g/mol. The molecule has 2 aromatic carbocycles. The first-order valence-electron chi connectivity index (χ1n) is 12.2. The highest BCUT2D eigenvalue weighted by atomic mass is 16.6. The van der Waals surface area contributed by atoms with Crippen LogP contribution in [0.4, 0.5) is 4.79 Å². The number of nitrogens with zero attached hydrogens (tertiary/aromatic N) is 1. The second-order valence-electron chi connectivity index (χ2n) is 11.0. The van der Waals surface area contributed by atoms with E-state index in [2.05, 4.69) is 80.4 Å². The zero-order valence-corrected chi connectivity index (χ0v) is 19.9. The average Bonchev–Trinajstić information content (AvgIpc) is 3.03. The Morgan fingerprint density at radius 2 is 1.84 bits per heavy atom. The van der Waals surface area contributed by atoms with E-state index in [4.69, 9.17) is 4.74 Å². The van der Waals surface area contributed by atoms with Gasteiger partial charge in [-0.05, 0) is 77.4 Å². The molecular formula is C28H36N2O2. The number of nitrogens with one attached hydrogen (secondary N) is 1. The molecule has 1 amide bonds. The molecule has 3 saturated heterocycles. The Balaban J connectivity index is 1.33. The number of benzene rings is 2. The van der Waals surface area contributed by atoms with Gasteiger partial charge in [-0.25, -0.2) is 4.79 Å². The van der Waals surface area contributed by atoms with E-state index in [9.17, 15) is 4.79 Å². The summed E-state index contributed by atoms with van der Waals surface area (Å²) in [6, 6.07) is 15.5. The van der Waals surface area contributed by atoms with Crippen LogP contribution in [0.1, 0.15) is 69.2 Å². The van der Waals surface area contributed by atoms with E-state index >= 15 is 0 Å². The molecule has 2 bridgehead atoms. The van der Waals surface area contributed by atoms with Crippen molar-refractivity contribution in [3.05, 3.63) is 59.2 Å². The highest BCUT2D eigenvalue weighted by Crippen LogP contribution is 2.46. The molecule has 32 heavy (non-hydrogen) atoms. The highest BCUT2D eigenvalue weighted by Gasteiger charge is 2.42. The maximum Gasteiger partial charge on any atom is 0.407 e. The topological polar surface area (TPSA) is 41.6 Å². The van der Waals surface area contributed by atoms with Crippen LogP contribution in [0, 0.1) is 11.3 Å². The van der Waals surface area contributed by atoms with Crippen molar-refractivity contribution < 1.29 is 9.53 Å². The fourth-order valence-electron chi connectivity index (χ4n) is 5.92. The first-order chi connectivity index (χ1) is 15.3. The number of ether oxygens (including phenoxy) is 1. The van der Waals surface area contributed by atoms with Gasteiger partial charge in [-0.2, -0.15) is 0 Å².